The van der Waals surface area contributed by atoms with Crippen molar-refractivity contribution in [1.29, 1.82) is 0 Å². The molecule has 0 saturated heterocycles. The van der Waals surface area contributed by atoms with Gasteiger partial charge in [0.15, 0.2) is 6.61 Å². The van der Waals surface area contributed by atoms with Crippen molar-refractivity contribution >= 4 is 21.6 Å². The number of benzene rings is 2. The van der Waals surface area contributed by atoms with Gasteiger partial charge < -0.3 is 10.1 Å². The third kappa shape index (κ3) is 5.58. The minimum absolute atomic E-state index is 0.125. The Balaban J connectivity index is 1.94. The van der Waals surface area contributed by atoms with Crippen molar-refractivity contribution < 1.29 is 17.9 Å². The average Bonchev–Trinajstić information content (AvgIpc) is 2.53. The minimum atomic E-state index is -3.54. The number of carbonyl (C=O) groups excluding carboxylic acids is 1. The zero-order chi connectivity index (χ0) is 18.4. The molecule has 2 aromatic carbocycles. The summed E-state index contributed by atoms with van der Waals surface area (Å²) in [7, 11) is -3.54. The number of hydrogen-bond acceptors (Lipinski definition) is 4. The summed E-state index contributed by atoms with van der Waals surface area (Å²) in [6, 6.07) is 13.2. The van der Waals surface area contributed by atoms with Gasteiger partial charge in [-0.2, -0.15) is 0 Å². The van der Waals surface area contributed by atoms with Crippen LogP contribution in [0.4, 0.5) is 5.69 Å². The third-order valence-electron chi connectivity index (χ3n) is 3.29. The molecule has 0 aliphatic rings. The summed E-state index contributed by atoms with van der Waals surface area (Å²) in [5.74, 6) is 0.331. The summed E-state index contributed by atoms with van der Waals surface area (Å²) in [5, 5.41) is 2.67. The monoisotopic (exact) mass is 362 g/mol. The van der Waals surface area contributed by atoms with Crippen LogP contribution in [0.25, 0.3) is 0 Å². The molecule has 0 fully saturated rings. The van der Waals surface area contributed by atoms with Gasteiger partial charge in [0.05, 0.1) is 4.90 Å². The number of hydrogen-bond donors (Lipinski definition) is 2. The van der Waals surface area contributed by atoms with Gasteiger partial charge in [-0.3, -0.25) is 4.79 Å². The van der Waals surface area contributed by atoms with Crippen LogP contribution in [0, 0.1) is 6.92 Å². The molecule has 0 radical (unpaired) electrons. The van der Waals surface area contributed by atoms with E-state index in [0.717, 1.165) is 5.56 Å². The van der Waals surface area contributed by atoms with E-state index in [0.29, 0.717) is 11.4 Å². The van der Waals surface area contributed by atoms with E-state index in [2.05, 4.69) is 10.0 Å². The van der Waals surface area contributed by atoms with Gasteiger partial charge in [0, 0.05) is 11.7 Å². The summed E-state index contributed by atoms with van der Waals surface area (Å²) in [6.07, 6.45) is 0. The molecule has 134 valence electrons. The molecule has 0 atom stereocenters. The highest BCUT2D eigenvalue weighted by atomic mass is 32.2. The Hall–Kier alpha value is -2.38. The highest BCUT2D eigenvalue weighted by molar-refractivity contribution is 7.89. The summed E-state index contributed by atoms with van der Waals surface area (Å²) >= 11 is 0. The molecule has 2 N–H and O–H groups in total. The van der Waals surface area contributed by atoms with Gasteiger partial charge in [0.1, 0.15) is 5.75 Å². The fraction of sp³-hybridized carbons (Fsp3) is 0.278. The van der Waals surface area contributed by atoms with Crippen molar-refractivity contribution in [2.24, 2.45) is 0 Å². The van der Waals surface area contributed by atoms with E-state index in [4.69, 9.17) is 4.74 Å². The molecular formula is C18H22N2O4S. The number of amides is 1. The Labute approximate surface area is 148 Å². The van der Waals surface area contributed by atoms with Crippen molar-refractivity contribution in [2.45, 2.75) is 31.7 Å². The van der Waals surface area contributed by atoms with Crippen molar-refractivity contribution in [1.82, 2.24) is 4.72 Å². The first-order valence-corrected chi connectivity index (χ1v) is 9.37. The molecule has 0 heterocycles. The predicted molar refractivity (Wildman–Crippen MR) is 97.2 cm³/mol. The molecule has 0 bridgehead atoms. The molecule has 0 unspecified atom stereocenters. The number of para-hydroxylation sites is 1. The fourth-order valence-electron chi connectivity index (χ4n) is 2.15. The number of carbonyl (C=O) groups is 1. The van der Waals surface area contributed by atoms with E-state index in [-0.39, 0.29) is 23.5 Å². The Morgan fingerprint density at radius 2 is 1.72 bits per heavy atom. The Kier molecular flexibility index (Phi) is 6.17. The van der Waals surface area contributed by atoms with Gasteiger partial charge in [-0.25, -0.2) is 13.1 Å². The van der Waals surface area contributed by atoms with Crippen molar-refractivity contribution in [3.05, 3.63) is 54.1 Å². The van der Waals surface area contributed by atoms with Crippen LogP contribution in [0.1, 0.15) is 19.4 Å². The van der Waals surface area contributed by atoms with Crippen LogP contribution in [0.15, 0.2) is 53.4 Å². The quantitative estimate of drug-likeness (QED) is 0.793. The summed E-state index contributed by atoms with van der Waals surface area (Å²) in [6.45, 7) is 5.28. The van der Waals surface area contributed by atoms with Crippen LogP contribution in [-0.2, 0) is 14.8 Å². The molecule has 1 amide bonds. The maximum Gasteiger partial charge on any atom is 0.262 e. The number of anilines is 1. The number of ether oxygens (including phenoxy) is 1. The van der Waals surface area contributed by atoms with Crippen molar-refractivity contribution in [3.8, 4) is 5.75 Å². The van der Waals surface area contributed by atoms with E-state index < -0.39 is 10.0 Å². The van der Waals surface area contributed by atoms with Gasteiger partial charge in [0.25, 0.3) is 5.91 Å². The summed E-state index contributed by atoms with van der Waals surface area (Å²) in [4.78, 5) is 12.1. The van der Waals surface area contributed by atoms with Gasteiger partial charge in [-0.15, -0.1) is 0 Å². The molecule has 0 aliphatic carbocycles. The SMILES string of the molecule is Cc1ccccc1OCC(=O)Nc1ccc(S(=O)(=O)NC(C)C)cc1. The van der Waals surface area contributed by atoms with Gasteiger partial charge in [0.2, 0.25) is 10.0 Å². The molecule has 2 rings (SSSR count). The second-order valence-corrected chi connectivity index (χ2v) is 7.62. The van der Waals surface area contributed by atoms with Crippen LogP contribution in [0.5, 0.6) is 5.75 Å². The molecule has 2 aromatic rings. The number of rotatable bonds is 7. The van der Waals surface area contributed by atoms with Crippen LogP contribution in [0.2, 0.25) is 0 Å². The lowest BCUT2D eigenvalue weighted by atomic mass is 10.2. The van der Waals surface area contributed by atoms with Gasteiger partial charge >= 0.3 is 0 Å². The molecule has 7 heteroatoms. The standard InChI is InChI=1S/C18H22N2O4S/c1-13(2)20-25(22,23)16-10-8-15(9-11-16)19-18(21)12-24-17-7-5-4-6-14(17)3/h4-11,13,20H,12H2,1-3H3,(H,19,21). The number of aryl methyl sites for hydroxylation is 1. The maximum atomic E-state index is 12.0. The summed E-state index contributed by atoms with van der Waals surface area (Å²) < 4.78 is 32.1. The van der Waals surface area contributed by atoms with Crippen LogP contribution >= 0.6 is 0 Å². The molecular weight excluding hydrogens is 340 g/mol. The van der Waals surface area contributed by atoms with Crippen LogP contribution in [-0.4, -0.2) is 27.0 Å². The smallest absolute Gasteiger partial charge is 0.262 e. The third-order valence-corrected chi connectivity index (χ3v) is 4.97. The Morgan fingerprint density at radius 1 is 1.08 bits per heavy atom. The number of sulfonamides is 1. The maximum absolute atomic E-state index is 12.0. The van der Waals surface area contributed by atoms with E-state index in [1.54, 1.807) is 32.0 Å². The fourth-order valence-corrected chi connectivity index (χ4v) is 3.41. The summed E-state index contributed by atoms with van der Waals surface area (Å²) in [5.41, 5.74) is 1.45. The second kappa shape index (κ2) is 8.13. The predicted octanol–water partition coefficient (Wildman–Crippen LogP) is 2.70. The van der Waals surface area contributed by atoms with Crippen molar-refractivity contribution in [2.75, 3.05) is 11.9 Å². The topological polar surface area (TPSA) is 84.5 Å². The Bertz CT molecular complexity index is 830. The van der Waals surface area contributed by atoms with Gasteiger partial charge in [-0.05, 0) is 56.7 Å². The zero-order valence-corrected chi connectivity index (χ0v) is 15.3. The normalized spacial score (nSPS) is 11.4. The molecule has 0 aliphatic heterocycles. The van der Waals surface area contributed by atoms with Gasteiger partial charge in [-0.1, -0.05) is 18.2 Å². The highest BCUT2D eigenvalue weighted by Crippen LogP contribution is 2.17. The molecule has 0 spiro atoms. The lowest BCUT2D eigenvalue weighted by Crippen LogP contribution is -2.30. The Morgan fingerprint density at radius 3 is 2.32 bits per heavy atom. The van der Waals surface area contributed by atoms with E-state index in [1.807, 2.05) is 25.1 Å². The lowest BCUT2D eigenvalue weighted by Gasteiger charge is -2.11. The molecule has 25 heavy (non-hydrogen) atoms. The van der Waals surface area contributed by atoms with Crippen molar-refractivity contribution in [3.63, 3.8) is 0 Å². The first kappa shape index (κ1) is 19.0. The molecule has 6 nitrogen and oxygen atoms in total. The molecule has 0 aromatic heterocycles. The first-order valence-electron chi connectivity index (χ1n) is 7.88. The lowest BCUT2D eigenvalue weighted by molar-refractivity contribution is -0.118. The van der Waals surface area contributed by atoms with E-state index >= 15 is 0 Å². The second-order valence-electron chi connectivity index (χ2n) is 5.90. The van der Waals surface area contributed by atoms with E-state index in [1.165, 1.54) is 12.1 Å². The van der Waals surface area contributed by atoms with E-state index in [9.17, 15) is 13.2 Å². The van der Waals surface area contributed by atoms with Crippen LogP contribution in [0.3, 0.4) is 0 Å². The first-order chi connectivity index (χ1) is 11.8. The zero-order valence-electron chi connectivity index (χ0n) is 14.4. The largest absolute Gasteiger partial charge is 0.483 e. The average molecular weight is 362 g/mol. The highest BCUT2D eigenvalue weighted by Gasteiger charge is 2.15. The minimum Gasteiger partial charge on any atom is -0.483 e. The number of nitrogens with one attached hydrogen (secondary N) is 2. The van der Waals surface area contributed by atoms with Crippen LogP contribution < -0.4 is 14.8 Å². The molecule has 0 saturated carbocycles.